The van der Waals surface area contributed by atoms with Gasteiger partial charge < -0.3 is 19.7 Å². The quantitative estimate of drug-likeness (QED) is 0.903. The van der Waals surface area contributed by atoms with Crippen LogP contribution in [-0.2, 0) is 4.79 Å². The van der Waals surface area contributed by atoms with E-state index in [9.17, 15) is 9.59 Å². The van der Waals surface area contributed by atoms with Crippen LogP contribution in [-0.4, -0.2) is 55.6 Å². The number of nitrogens with zero attached hydrogens (tertiary/aromatic N) is 2. The third-order valence-electron chi connectivity index (χ3n) is 5.08. The molecule has 1 N–H and O–H groups in total. The lowest BCUT2D eigenvalue weighted by Crippen LogP contribution is -2.45. The van der Waals surface area contributed by atoms with E-state index >= 15 is 0 Å². The van der Waals surface area contributed by atoms with E-state index in [2.05, 4.69) is 5.32 Å². The summed E-state index contributed by atoms with van der Waals surface area (Å²) in [6, 6.07) is 5.02. The molecule has 1 saturated carbocycles. The van der Waals surface area contributed by atoms with Gasteiger partial charge in [-0.3, -0.25) is 9.69 Å². The first-order valence-corrected chi connectivity index (χ1v) is 8.34. The minimum absolute atomic E-state index is 0.0103. The molecule has 1 aromatic carbocycles. The Morgan fingerprint density at radius 1 is 1.08 bits per heavy atom. The first kappa shape index (κ1) is 15.8. The van der Waals surface area contributed by atoms with Gasteiger partial charge in [0.25, 0.3) is 5.91 Å². The lowest BCUT2D eigenvalue weighted by atomic mass is 9.95. The van der Waals surface area contributed by atoms with Gasteiger partial charge in [0, 0.05) is 19.2 Å². The molecule has 1 aromatic rings. The number of ether oxygens (including phenoxy) is 2. The zero-order chi connectivity index (χ0) is 17.7. The Labute approximate surface area is 146 Å². The molecular formula is C18H21N3O4. The molecule has 132 valence electrons. The van der Waals surface area contributed by atoms with Crippen LogP contribution in [0.15, 0.2) is 29.5 Å². The highest BCUT2D eigenvalue weighted by Crippen LogP contribution is 2.41. The van der Waals surface area contributed by atoms with Crippen molar-refractivity contribution in [1.29, 1.82) is 0 Å². The van der Waals surface area contributed by atoms with E-state index in [1.165, 1.54) is 0 Å². The van der Waals surface area contributed by atoms with Crippen molar-refractivity contribution in [3.05, 3.63) is 35.0 Å². The van der Waals surface area contributed by atoms with Crippen molar-refractivity contribution in [3.8, 4) is 11.5 Å². The molecule has 3 aliphatic rings. The van der Waals surface area contributed by atoms with Crippen LogP contribution >= 0.6 is 0 Å². The molecule has 7 nitrogen and oxygen atoms in total. The van der Waals surface area contributed by atoms with E-state index in [0.717, 1.165) is 24.1 Å². The molecule has 2 aliphatic heterocycles. The third-order valence-corrected chi connectivity index (χ3v) is 5.08. The summed E-state index contributed by atoms with van der Waals surface area (Å²) < 4.78 is 10.7. The standard InChI is InChI=1S/C18H21N3O4/c1-20-14-9-21(11-4-5-11)17(22)15(14)16(19-18(20)23)10-6-12(24-2)8-13(7-10)25-3/h6-8,11,16H,4-5,9H2,1-3H3,(H,19,23). The van der Waals surface area contributed by atoms with Gasteiger partial charge in [0.15, 0.2) is 0 Å². The van der Waals surface area contributed by atoms with Crippen LogP contribution in [0.1, 0.15) is 24.4 Å². The number of hydrogen-bond donors (Lipinski definition) is 1. The Hall–Kier alpha value is -2.70. The minimum Gasteiger partial charge on any atom is -0.497 e. The molecule has 3 amide bonds. The SMILES string of the molecule is COc1cc(OC)cc(C2NC(=O)N(C)C3=C2C(=O)N(C2CC2)C3)c1. The summed E-state index contributed by atoms with van der Waals surface area (Å²) in [6.07, 6.45) is 2.07. The van der Waals surface area contributed by atoms with Crippen LogP contribution in [0.5, 0.6) is 11.5 Å². The highest BCUT2D eigenvalue weighted by molar-refractivity contribution is 6.01. The van der Waals surface area contributed by atoms with Crippen LogP contribution in [0.4, 0.5) is 4.79 Å². The molecule has 1 atom stereocenters. The molecule has 0 aromatic heterocycles. The number of nitrogens with one attached hydrogen (secondary N) is 1. The molecule has 0 radical (unpaired) electrons. The fourth-order valence-corrected chi connectivity index (χ4v) is 3.52. The van der Waals surface area contributed by atoms with Crippen molar-refractivity contribution in [2.75, 3.05) is 27.8 Å². The Morgan fingerprint density at radius 2 is 1.72 bits per heavy atom. The molecule has 7 heteroatoms. The number of carbonyl (C=O) groups is 2. The number of likely N-dealkylation sites (N-methyl/N-ethyl adjacent to an activating group) is 1. The molecule has 1 unspecified atom stereocenters. The van der Waals surface area contributed by atoms with Crippen LogP contribution < -0.4 is 14.8 Å². The molecule has 0 bridgehead atoms. The number of rotatable bonds is 4. The number of methoxy groups -OCH3 is 2. The summed E-state index contributed by atoms with van der Waals surface area (Å²) in [4.78, 5) is 28.8. The number of carbonyl (C=O) groups excluding carboxylic acids is 2. The number of amides is 3. The highest BCUT2D eigenvalue weighted by Gasteiger charge is 2.47. The maximum atomic E-state index is 13.0. The summed E-state index contributed by atoms with van der Waals surface area (Å²) in [5.74, 6) is 1.25. The predicted molar refractivity (Wildman–Crippen MR) is 90.3 cm³/mol. The van der Waals surface area contributed by atoms with Crippen molar-refractivity contribution < 1.29 is 19.1 Å². The molecular weight excluding hydrogens is 322 g/mol. The van der Waals surface area contributed by atoms with E-state index < -0.39 is 6.04 Å². The summed E-state index contributed by atoms with van der Waals surface area (Å²) in [5.41, 5.74) is 2.20. The fourth-order valence-electron chi connectivity index (χ4n) is 3.52. The van der Waals surface area contributed by atoms with Crippen molar-refractivity contribution in [1.82, 2.24) is 15.1 Å². The maximum Gasteiger partial charge on any atom is 0.322 e. The normalized spacial score (nSPS) is 22.9. The fraction of sp³-hybridized carbons (Fsp3) is 0.444. The number of urea groups is 1. The minimum atomic E-state index is -0.501. The molecule has 1 aliphatic carbocycles. The Morgan fingerprint density at radius 3 is 2.28 bits per heavy atom. The Kier molecular flexibility index (Phi) is 3.59. The van der Waals surface area contributed by atoms with Gasteiger partial charge in [-0.05, 0) is 30.5 Å². The first-order valence-electron chi connectivity index (χ1n) is 8.34. The summed E-state index contributed by atoms with van der Waals surface area (Å²) in [5, 5.41) is 2.94. The predicted octanol–water partition coefficient (Wildman–Crippen LogP) is 1.66. The van der Waals surface area contributed by atoms with E-state index in [1.54, 1.807) is 32.2 Å². The second-order valence-electron chi connectivity index (χ2n) is 6.61. The van der Waals surface area contributed by atoms with E-state index in [1.807, 2.05) is 17.0 Å². The van der Waals surface area contributed by atoms with Gasteiger partial charge >= 0.3 is 6.03 Å². The lowest BCUT2D eigenvalue weighted by molar-refractivity contribution is -0.126. The van der Waals surface area contributed by atoms with E-state index in [0.29, 0.717) is 29.7 Å². The number of benzene rings is 1. The zero-order valence-corrected chi connectivity index (χ0v) is 14.5. The summed E-state index contributed by atoms with van der Waals surface area (Å²) >= 11 is 0. The van der Waals surface area contributed by atoms with Crippen LogP contribution in [0.3, 0.4) is 0 Å². The second-order valence-corrected chi connectivity index (χ2v) is 6.61. The second kappa shape index (κ2) is 5.68. The average Bonchev–Trinajstić information content (AvgIpc) is 3.41. The van der Waals surface area contributed by atoms with E-state index in [4.69, 9.17) is 9.47 Å². The molecule has 25 heavy (non-hydrogen) atoms. The Bertz CT molecular complexity index is 762. The monoisotopic (exact) mass is 343 g/mol. The van der Waals surface area contributed by atoms with Gasteiger partial charge in [0.1, 0.15) is 11.5 Å². The van der Waals surface area contributed by atoms with Crippen LogP contribution in [0, 0.1) is 0 Å². The van der Waals surface area contributed by atoms with E-state index in [-0.39, 0.29) is 11.9 Å². The topological polar surface area (TPSA) is 71.1 Å². The molecule has 4 rings (SSSR count). The Balaban J connectivity index is 1.78. The van der Waals surface area contributed by atoms with Crippen molar-refractivity contribution >= 4 is 11.9 Å². The largest absolute Gasteiger partial charge is 0.497 e. The smallest absolute Gasteiger partial charge is 0.322 e. The zero-order valence-electron chi connectivity index (χ0n) is 14.5. The highest BCUT2D eigenvalue weighted by atomic mass is 16.5. The molecule has 2 heterocycles. The molecule has 1 fully saturated rings. The summed E-state index contributed by atoms with van der Waals surface area (Å²) in [6.45, 7) is 0.500. The van der Waals surface area contributed by atoms with Gasteiger partial charge in [-0.2, -0.15) is 0 Å². The lowest BCUT2D eigenvalue weighted by Gasteiger charge is -2.31. The van der Waals surface area contributed by atoms with Crippen LogP contribution in [0.25, 0.3) is 0 Å². The average molecular weight is 343 g/mol. The third kappa shape index (κ3) is 2.50. The van der Waals surface area contributed by atoms with Gasteiger partial charge in [0.2, 0.25) is 0 Å². The van der Waals surface area contributed by atoms with Crippen molar-refractivity contribution in [2.24, 2.45) is 0 Å². The summed E-state index contributed by atoms with van der Waals surface area (Å²) in [7, 11) is 4.86. The van der Waals surface area contributed by atoms with Gasteiger partial charge in [0.05, 0.1) is 38.1 Å². The van der Waals surface area contributed by atoms with Crippen molar-refractivity contribution in [3.63, 3.8) is 0 Å². The van der Waals surface area contributed by atoms with Gasteiger partial charge in [-0.1, -0.05) is 0 Å². The van der Waals surface area contributed by atoms with Crippen LogP contribution in [0.2, 0.25) is 0 Å². The van der Waals surface area contributed by atoms with Crippen molar-refractivity contribution in [2.45, 2.75) is 24.9 Å². The molecule has 0 spiro atoms. The number of hydrogen-bond acceptors (Lipinski definition) is 4. The molecule has 0 saturated heterocycles. The first-order chi connectivity index (χ1) is 12.0. The maximum absolute atomic E-state index is 13.0. The van der Waals surface area contributed by atoms with Gasteiger partial charge in [-0.15, -0.1) is 0 Å². The van der Waals surface area contributed by atoms with Gasteiger partial charge in [-0.25, -0.2) is 4.79 Å².